The van der Waals surface area contributed by atoms with Crippen LogP contribution < -0.4 is 0 Å². The van der Waals surface area contributed by atoms with Crippen LogP contribution in [-0.4, -0.2) is 31.7 Å². The van der Waals surface area contributed by atoms with Crippen molar-refractivity contribution in [3.05, 3.63) is 112 Å². The lowest BCUT2D eigenvalue weighted by Crippen LogP contribution is -2.36. The topological polar surface area (TPSA) is 46.8 Å². The fourth-order valence-electron chi connectivity index (χ4n) is 4.35. The highest BCUT2D eigenvalue weighted by Crippen LogP contribution is 2.32. The predicted octanol–water partition coefficient (Wildman–Crippen LogP) is 4.72. The summed E-state index contributed by atoms with van der Waals surface area (Å²) in [6.45, 7) is 2.56. The normalized spacial score (nSPS) is 14.9. The highest BCUT2D eigenvalue weighted by atomic mass is 35.5. The molecule has 1 unspecified atom stereocenters. The summed E-state index contributed by atoms with van der Waals surface area (Å²) in [4.78, 5) is 2.47. The summed E-state index contributed by atoms with van der Waals surface area (Å²) in [5.41, 5.74) is 5.23. The average Bonchev–Trinajstić information content (AvgIpc) is 3.28. The van der Waals surface area contributed by atoms with Gasteiger partial charge in [-0.1, -0.05) is 78.3 Å². The van der Waals surface area contributed by atoms with Gasteiger partial charge in [0.2, 0.25) is 0 Å². The van der Waals surface area contributed by atoms with E-state index in [1.165, 1.54) is 16.7 Å². The number of hydrogen-bond acceptors (Lipinski definition) is 4. The van der Waals surface area contributed by atoms with E-state index in [9.17, 15) is 0 Å². The minimum Gasteiger partial charge on any atom is -0.285 e. The van der Waals surface area contributed by atoms with Crippen molar-refractivity contribution in [3.63, 3.8) is 0 Å². The summed E-state index contributed by atoms with van der Waals surface area (Å²) < 4.78 is 1.95. The first-order chi connectivity index (χ1) is 15.3. The monoisotopic (exact) mass is 429 g/mol. The summed E-state index contributed by atoms with van der Waals surface area (Å²) in [6, 6.07) is 27.2. The molecule has 5 rings (SSSR count). The maximum atomic E-state index is 6.18. The average molecular weight is 430 g/mol. The molecular weight excluding hydrogens is 406 g/mol. The number of rotatable bonds is 6. The Hall–Kier alpha value is -3.02. The number of nitrogens with zero attached hydrogens (tertiary/aromatic N) is 5. The standard InChI is InChI=1S/C25H24ClN5/c26-23-12-10-21(11-13-23)24(30-16-15-20-8-4-5-9-22(20)18-30)25-27-28-29-31(25)17-14-19-6-2-1-3-7-19/h1-13,24H,14-18H2. The Morgan fingerprint density at radius 2 is 1.61 bits per heavy atom. The van der Waals surface area contributed by atoms with Gasteiger partial charge in [0.1, 0.15) is 0 Å². The van der Waals surface area contributed by atoms with Gasteiger partial charge in [0, 0.05) is 24.7 Å². The molecule has 0 fully saturated rings. The predicted molar refractivity (Wildman–Crippen MR) is 122 cm³/mol. The lowest BCUT2D eigenvalue weighted by atomic mass is 9.96. The Balaban J connectivity index is 1.47. The quantitative estimate of drug-likeness (QED) is 0.445. The highest BCUT2D eigenvalue weighted by molar-refractivity contribution is 6.30. The molecule has 0 aliphatic carbocycles. The third kappa shape index (κ3) is 4.38. The van der Waals surface area contributed by atoms with Gasteiger partial charge in [0.15, 0.2) is 5.82 Å². The fourth-order valence-corrected chi connectivity index (χ4v) is 4.48. The molecule has 0 saturated heterocycles. The summed E-state index contributed by atoms with van der Waals surface area (Å²) >= 11 is 6.18. The molecule has 0 N–H and O–H groups in total. The zero-order valence-electron chi connectivity index (χ0n) is 17.2. The number of aromatic nitrogens is 4. The summed E-state index contributed by atoms with van der Waals surface area (Å²) in [6.07, 6.45) is 1.90. The molecule has 4 aromatic rings. The number of halogens is 1. The Morgan fingerprint density at radius 3 is 2.42 bits per heavy atom. The maximum absolute atomic E-state index is 6.18. The second kappa shape index (κ2) is 9.00. The number of aryl methyl sites for hydroxylation is 2. The van der Waals surface area contributed by atoms with E-state index in [0.29, 0.717) is 0 Å². The zero-order valence-corrected chi connectivity index (χ0v) is 18.0. The summed E-state index contributed by atoms with van der Waals surface area (Å²) in [5.74, 6) is 0.873. The largest absolute Gasteiger partial charge is 0.285 e. The van der Waals surface area contributed by atoms with E-state index >= 15 is 0 Å². The number of tetrazole rings is 1. The van der Waals surface area contributed by atoms with E-state index < -0.39 is 0 Å². The number of hydrogen-bond donors (Lipinski definition) is 0. The van der Waals surface area contributed by atoms with Crippen LogP contribution in [0.2, 0.25) is 5.02 Å². The van der Waals surface area contributed by atoms with Gasteiger partial charge >= 0.3 is 0 Å². The zero-order chi connectivity index (χ0) is 21.0. The molecular formula is C25H24ClN5. The van der Waals surface area contributed by atoms with Crippen molar-refractivity contribution in [2.75, 3.05) is 6.54 Å². The van der Waals surface area contributed by atoms with Gasteiger partial charge in [0.25, 0.3) is 0 Å². The van der Waals surface area contributed by atoms with Crippen LogP contribution in [0, 0.1) is 0 Å². The van der Waals surface area contributed by atoms with Crippen molar-refractivity contribution in [1.29, 1.82) is 0 Å². The second-order valence-electron chi connectivity index (χ2n) is 7.94. The van der Waals surface area contributed by atoms with Crippen LogP contribution in [0.25, 0.3) is 0 Å². The van der Waals surface area contributed by atoms with Gasteiger partial charge in [0.05, 0.1) is 6.04 Å². The molecule has 0 bridgehead atoms. The van der Waals surface area contributed by atoms with Gasteiger partial charge in [-0.3, -0.25) is 4.90 Å². The van der Waals surface area contributed by atoms with E-state index in [4.69, 9.17) is 11.6 Å². The van der Waals surface area contributed by atoms with Gasteiger partial charge in [-0.05, 0) is 57.7 Å². The van der Waals surface area contributed by atoms with Crippen molar-refractivity contribution in [1.82, 2.24) is 25.1 Å². The summed E-state index contributed by atoms with van der Waals surface area (Å²) in [7, 11) is 0. The van der Waals surface area contributed by atoms with Crippen molar-refractivity contribution in [2.24, 2.45) is 0 Å². The van der Waals surface area contributed by atoms with E-state index in [1.54, 1.807) is 0 Å². The van der Waals surface area contributed by atoms with Crippen LogP contribution in [0.3, 0.4) is 0 Å². The molecule has 156 valence electrons. The van der Waals surface area contributed by atoms with Crippen molar-refractivity contribution in [3.8, 4) is 0 Å². The molecule has 1 atom stereocenters. The highest BCUT2D eigenvalue weighted by Gasteiger charge is 2.30. The van der Waals surface area contributed by atoms with Crippen LogP contribution in [-0.2, 0) is 25.9 Å². The third-order valence-corrected chi connectivity index (χ3v) is 6.22. The Morgan fingerprint density at radius 1 is 0.871 bits per heavy atom. The molecule has 1 aliphatic heterocycles. The molecule has 5 nitrogen and oxygen atoms in total. The lowest BCUT2D eigenvalue weighted by molar-refractivity contribution is 0.194. The molecule has 3 aromatic carbocycles. The number of fused-ring (bicyclic) bond motifs is 1. The lowest BCUT2D eigenvalue weighted by Gasteiger charge is -2.35. The van der Waals surface area contributed by atoms with Gasteiger partial charge in [-0.2, -0.15) is 0 Å². The van der Waals surface area contributed by atoms with Crippen molar-refractivity contribution < 1.29 is 0 Å². The van der Waals surface area contributed by atoms with Crippen LogP contribution >= 0.6 is 11.6 Å². The molecule has 6 heteroatoms. The molecule has 0 amide bonds. The van der Waals surface area contributed by atoms with Crippen molar-refractivity contribution in [2.45, 2.75) is 32.0 Å². The van der Waals surface area contributed by atoms with Gasteiger partial charge in [-0.25, -0.2) is 4.68 Å². The fraction of sp³-hybridized carbons (Fsp3) is 0.240. The van der Waals surface area contributed by atoms with Crippen LogP contribution in [0.1, 0.15) is 34.1 Å². The molecule has 1 aromatic heterocycles. The molecule has 2 heterocycles. The van der Waals surface area contributed by atoms with E-state index in [1.807, 2.05) is 22.9 Å². The van der Waals surface area contributed by atoms with E-state index in [-0.39, 0.29) is 6.04 Å². The second-order valence-corrected chi connectivity index (χ2v) is 8.38. The molecule has 1 aliphatic rings. The first kappa shape index (κ1) is 19.9. The Kier molecular flexibility index (Phi) is 5.78. The molecule has 0 radical (unpaired) electrons. The number of benzene rings is 3. The molecule has 31 heavy (non-hydrogen) atoms. The van der Waals surface area contributed by atoms with E-state index in [0.717, 1.165) is 48.9 Å². The first-order valence-corrected chi connectivity index (χ1v) is 11.0. The van der Waals surface area contributed by atoms with Gasteiger partial charge < -0.3 is 0 Å². The van der Waals surface area contributed by atoms with Crippen LogP contribution in [0.15, 0.2) is 78.9 Å². The summed E-state index contributed by atoms with van der Waals surface area (Å²) in [5, 5.41) is 13.6. The van der Waals surface area contributed by atoms with E-state index in [2.05, 4.69) is 81.1 Å². The van der Waals surface area contributed by atoms with Crippen LogP contribution in [0.5, 0.6) is 0 Å². The maximum Gasteiger partial charge on any atom is 0.173 e. The third-order valence-electron chi connectivity index (χ3n) is 5.97. The Labute approximate surface area is 187 Å². The first-order valence-electron chi connectivity index (χ1n) is 10.6. The Bertz CT molecular complexity index is 1140. The van der Waals surface area contributed by atoms with Gasteiger partial charge in [-0.15, -0.1) is 5.10 Å². The van der Waals surface area contributed by atoms with Crippen LogP contribution in [0.4, 0.5) is 0 Å². The van der Waals surface area contributed by atoms with Crippen molar-refractivity contribution >= 4 is 11.6 Å². The molecule has 0 spiro atoms. The minimum absolute atomic E-state index is 0.0311. The SMILES string of the molecule is Clc1ccc(C(c2nnnn2CCc2ccccc2)N2CCc3ccccc3C2)cc1. The minimum atomic E-state index is -0.0311. The smallest absolute Gasteiger partial charge is 0.173 e. The molecule has 0 saturated carbocycles.